The molecule has 124 valence electrons. The van der Waals surface area contributed by atoms with Crippen molar-refractivity contribution < 1.29 is 9.59 Å². The molecule has 2 heterocycles. The maximum Gasteiger partial charge on any atom is 0.289 e. The van der Waals surface area contributed by atoms with Crippen LogP contribution in [0.5, 0.6) is 0 Å². The lowest BCUT2D eigenvalue weighted by Crippen LogP contribution is -2.29. The predicted molar refractivity (Wildman–Crippen MR) is 95.0 cm³/mol. The summed E-state index contributed by atoms with van der Waals surface area (Å²) in [5.41, 5.74) is 4.79. The molecular formula is C18H20N4O2. The summed E-state index contributed by atoms with van der Waals surface area (Å²) in [6, 6.07) is 6.35. The number of fused-ring (bicyclic) bond motifs is 1. The molecule has 0 spiro atoms. The van der Waals surface area contributed by atoms with E-state index in [1.54, 1.807) is 12.4 Å². The van der Waals surface area contributed by atoms with Gasteiger partial charge in [-0.2, -0.15) is 0 Å². The molecule has 6 heteroatoms. The first-order valence-electron chi connectivity index (χ1n) is 8.01. The summed E-state index contributed by atoms with van der Waals surface area (Å²) in [6.07, 6.45) is 7.11. The summed E-state index contributed by atoms with van der Waals surface area (Å²) in [5, 5.41) is 5.69. The molecule has 1 amide bonds. The molecule has 0 fully saturated rings. The number of ketones is 1. The summed E-state index contributed by atoms with van der Waals surface area (Å²) in [5.74, 6) is -1.15. The van der Waals surface area contributed by atoms with E-state index in [4.69, 9.17) is 0 Å². The maximum absolute atomic E-state index is 11.5. The standard InChI is InChI=1S/C18H20N4O2/c1-19-18(24)17(23)11-20-10-12-5-7-22-16(9-12)13-3-2-4-15-14(13)6-8-21-15/h2-5,7,10,16,21H,6,8-9,11H2,1H3,(H,19,24). The normalized spacial score (nSPS) is 18.9. The lowest BCUT2D eigenvalue weighted by atomic mass is 9.93. The van der Waals surface area contributed by atoms with E-state index < -0.39 is 11.7 Å². The van der Waals surface area contributed by atoms with E-state index in [1.807, 2.05) is 6.08 Å². The third kappa shape index (κ3) is 3.42. The van der Waals surface area contributed by atoms with Crippen molar-refractivity contribution in [2.24, 2.45) is 9.98 Å². The molecule has 1 atom stereocenters. The van der Waals surface area contributed by atoms with Crippen LogP contribution in [-0.2, 0) is 16.0 Å². The van der Waals surface area contributed by atoms with Crippen LogP contribution in [-0.4, -0.2) is 44.3 Å². The van der Waals surface area contributed by atoms with E-state index in [1.165, 1.54) is 23.9 Å². The first-order chi connectivity index (χ1) is 11.7. The summed E-state index contributed by atoms with van der Waals surface area (Å²) >= 11 is 0. The van der Waals surface area contributed by atoms with Gasteiger partial charge in [-0.1, -0.05) is 12.1 Å². The van der Waals surface area contributed by atoms with Gasteiger partial charge in [-0.3, -0.25) is 19.6 Å². The Labute approximate surface area is 140 Å². The van der Waals surface area contributed by atoms with Gasteiger partial charge in [-0.15, -0.1) is 0 Å². The molecular weight excluding hydrogens is 304 g/mol. The molecule has 2 aliphatic heterocycles. The van der Waals surface area contributed by atoms with E-state index in [0.717, 1.165) is 25.0 Å². The average Bonchev–Trinajstić information content (AvgIpc) is 3.09. The first-order valence-corrected chi connectivity index (χ1v) is 8.01. The Balaban J connectivity index is 1.66. The summed E-state index contributed by atoms with van der Waals surface area (Å²) in [4.78, 5) is 31.3. The number of nitrogens with one attached hydrogen (secondary N) is 2. The zero-order valence-corrected chi connectivity index (χ0v) is 13.6. The number of carbonyl (C=O) groups excluding carboxylic acids is 2. The first kappa shape index (κ1) is 16.1. The van der Waals surface area contributed by atoms with Crippen molar-refractivity contribution in [2.45, 2.75) is 18.9 Å². The van der Waals surface area contributed by atoms with E-state index in [2.05, 4.69) is 38.8 Å². The number of dihydropyridines is 1. The van der Waals surface area contributed by atoms with Gasteiger partial charge >= 0.3 is 0 Å². The number of rotatable bonds is 5. The van der Waals surface area contributed by atoms with Crippen LogP contribution in [0.4, 0.5) is 5.69 Å². The number of hydrogen-bond donors (Lipinski definition) is 2. The number of anilines is 1. The molecule has 2 N–H and O–H groups in total. The van der Waals surface area contributed by atoms with Gasteiger partial charge in [-0.05, 0) is 35.3 Å². The molecule has 1 aromatic rings. The summed E-state index contributed by atoms with van der Waals surface area (Å²) in [7, 11) is 1.43. The van der Waals surface area contributed by atoms with Crippen LogP contribution >= 0.6 is 0 Å². The number of hydrogen-bond acceptors (Lipinski definition) is 5. The summed E-state index contributed by atoms with van der Waals surface area (Å²) in [6.45, 7) is 0.831. The highest BCUT2D eigenvalue weighted by molar-refractivity contribution is 6.37. The van der Waals surface area contributed by atoms with E-state index >= 15 is 0 Å². The highest BCUT2D eigenvalue weighted by atomic mass is 16.2. The van der Waals surface area contributed by atoms with Crippen LogP contribution < -0.4 is 10.6 Å². The van der Waals surface area contributed by atoms with E-state index in [9.17, 15) is 9.59 Å². The van der Waals surface area contributed by atoms with Crippen LogP contribution in [0, 0.1) is 0 Å². The zero-order chi connectivity index (χ0) is 16.9. The lowest BCUT2D eigenvalue weighted by Gasteiger charge is -2.19. The largest absolute Gasteiger partial charge is 0.384 e. The second-order valence-electron chi connectivity index (χ2n) is 5.78. The molecule has 0 aromatic heterocycles. The summed E-state index contributed by atoms with van der Waals surface area (Å²) < 4.78 is 0. The van der Waals surface area contributed by atoms with Gasteiger partial charge in [0.05, 0.1) is 6.04 Å². The number of nitrogens with zero attached hydrogens (tertiary/aromatic N) is 2. The Hall–Kier alpha value is -2.76. The second kappa shape index (κ2) is 7.21. The monoisotopic (exact) mass is 324 g/mol. The fraction of sp³-hybridized carbons (Fsp3) is 0.333. The molecule has 6 nitrogen and oxygen atoms in total. The van der Waals surface area contributed by atoms with E-state index in [-0.39, 0.29) is 12.6 Å². The van der Waals surface area contributed by atoms with Gasteiger partial charge in [0.2, 0.25) is 5.78 Å². The van der Waals surface area contributed by atoms with Crippen LogP contribution in [0.1, 0.15) is 23.6 Å². The third-order valence-electron chi connectivity index (χ3n) is 4.22. The van der Waals surface area contributed by atoms with Crippen LogP contribution in [0.2, 0.25) is 0 Å². The Bertz CT molecular complexity index is 749. The molecule has 0 bridgehead atoms. The van der Waals surface area contributed by atoms with Gasteiger partial charge in [0.1, 0.15) is 6.54 Å². The highest BCUT2D eigenvalue weighted by Gasteiger charge is 2.21. The minimum atomic E-state index is -0.614. The van der Waals surface area contributed by atoms with Gasteiger partial charge < -0.3 is 10.6 Å². The minimum absolute atomic E-state index is 0.0703. The van der Waals surface area contributed by atoms with E-state index in [0.29, 0.717) is 0 Å². The minimum Gasteiger partial charge on any atom is -0.384 e. The number of amides is 1. The number of benzene rings is 1. The van der Waals surface area contributed by atoms with Crippen molar-refractivity contribution in [3.63, 3.8) is 0 Å². The van der Waals surface area contributed by atoms with Gasteiger partial charge in [0.15, 0.2) is 0 Å². The van der Waals surface area contributed by atoms with Crippen molar-refractivity contribution in [2.75, 3.05) is 25.5 Å². The Morgan fingerprint density at radius 3 is 3.17 bits per heavy atom. The highest BCUT2D eigenvalue weighted by Crippen LogP contribution is 2.34. The Morgan fingerprint density at radius 1 is 1.46 bits per heavy atom. The number of carbonyl (C=O) groups is 2. The lowest BCUT2D eigenvalue weighted by molar-refractivity contribution is -0.136. The van der Waals surface area contributed by atoms with Crippen molar-refractivity contribution in [1.29, 1.82) is 0 Å². The number of Topliss-reactive ketones (excluding diaryl/α,β-unsaturated/α-hetero) is 1. The van der Waals surface area contributed by atoms with Gasteiger partial charge in [0.25, 0.3) is 5.91 Å². The number of likely N-dealkylation sites (N-methyl/N-ethyl adjacent to an activating group) is 1. The maximum atomic E-state index is 11.5. The zero-order valence-electron chi connectivity index (χ0n) is 13.6. The molecule has 1 unspecified atom stereocenters. The fourth-order valence-corrected chi connectivity index (χ4v) is 3.01. The molecule has 1 aromatic carbocycles. The average molecular weight is 324 g/mol. The molecule has 2 aliphatic rings. The molecule has 3 rings (SSSR count). The fourth-order valence-electron chi connectivity index (χ4n) is 3.01. The van der Waals surface area contributed by atoms with Crippen LogP contribution in [0.15, 0.2) is 39.8 Å². The van der Waals surface area contributed by atoms with Crippen molar-refractivity contribution in [1.82, 2.24) is 5.32 Å². The third-order valence-corrected chi connectivity index (χ3v) is 4.22. The van der Waals surface area contributed by atoms with Gasteiger partial charge in [0, 0.05) is 38.1 Å². The second-order valence-corrected chi connectivity index (χ2v) is 5.78. The SMILES string of the molecule is CNC(=O)C(=O)CN=CC1=CC=NC(c2cccc3c2CCN3)C1. The Kier molecular flexibility index (Phi) is 4.84. The predicted octanol–water partition coefficient (Wildman–Crippen LogP) is 1.48. The number of allylic oxidation sites excluding steroid dienone is 1. The molecule has 0 radical (unpaired) electrons. The Morgan fingerprint density at radius 2 is 2.33 bits per heavy atom. The molecule has 0 aliphatic carbocycles. The van der Waals surface area contributed by atoms with Crippen LogP contribution in [0.25, 0.3) is 0 Å². The quantitative estimate of drug-likeness (QED) is 0.636. The number of aliphatic imine (C=N–C) groups is 2. The smallest absolute Gasteiger partial charge is 0.289 e. The van der Waals surface area contributed by atoms with Gasteiger partial charge in [-0.25, -0.2) is 0 Å². The van der Waals surface area contributed by atoms with Crippen LogP contribution in [0.3, 0.4) is 0 Å². The van der Waals surface area contributed by atoms with Crippen molar-refractivity contribution in [3.05, 3.63) is 41.0 Å². The molecule has 24 heavy (non-hydrogen) atoms. The van der Waals surface area contributed by atoms with Crippen molar-refractivity contribution >= 4 is 29.8 Å². The van der Waals surface area contributed by atoms with Crippen molar-refractivity contribution in [3.8, 4) is 0 Å². The topological polar surface area (TPSA) is 82.9 Å². The molecule has 0 saturated carbocycles. The molecule has 0 saturated heterocycles.